The molecular weight excluding hydrogens is 338 g/mol. The highest BCUT2D eigenvalue weighted by Gasteiger charge is 2.24. The Labute approximate surface area is 150 Å². The number of rotatable bonds is 9. The molecule has 0 saturated heterocycles. The summed E-state index contributed by atoms with van der Waals surface area (Å²) in [5.74, 6) is -1.68. The van der Waals surface area contributed by atoms with Crippen molar-refractivity contribution >= 4 is 28.8 Å². The molecule has 0 aliphatic carbocycles. The van der Waals surface area contributed by atoms with Crippen LogP contribution in [0.25, 0.3) is 10.9 Å². The summed E-state index contributed by atoms with van der Waals surface area (Å²) in [7, 11) is 0. The van der Waals surface area contributed by atoms with Gasteiger partial charge in [0.15, 0.2) is 0 Å². The van der Waals surface area contributed by atoms with E-state index in [1.165, 1.54) is 0 Å². The molecule has 9 heteroatoms. The zero-order chi connectivity index (χ0) is 19.1. The average Bonchev–Trinajstić information content (AvgIpc) is 3.00. The van der Waals surface area contributed by atoms with Crippen LogP contribution in [0.4, 0.5) is 4.79 Å². The van der Waals surface area contributed by atoms with Crippen LogP contribution in [0.3, 0.4) is 0 Å². The topological polar surface area (TPSA) is 163 Å². The van der Waals surface area contributed by atoms with Gasteiger partial charge in [0.2, 0.25) is 5.91 Å². The number of carbonyl (C=O) groups is 3. The van der Waals surface area contributed by atoms with Gasteiger partial charge in [0, 0.05) is 30.1 Å². The van der Waals surface area contributed by atoms with Crippen LogP contribution in [-0.2, 0) is 16.0 Å². The highest BCUT2D eigenvalue weighted by atomic mass is 16.4. The number of carbonyl (C=O) groups excluding carboxylic acids is 2. The summed E-state index contributed by atoms with van der Waals surface area (Å²) in [6.07, 6.45) is 2.63. The third kappa shape index (κ3) is 5.21. The van der Waals surface area contributed by atoms with Crippen LogP contribution in [0.5, 0.6) is 0 Å². The van der Waals surface area contributed by atoms with Gasteiger partial charge in [0.25, 0.3) is 0 Å². The first-order valence-corrected chi connectivity index (χ1v) is 8.25. The number of aromatic nitrogens is 1. The Balaban J connectivity index is 1.94. The van der Waals surface area contributed by atoms with Crippen molar-refractivity contribution in [3.8, 4) is 0 Å². The number of fused-ring (bicyclic) bond motifs is 1. The van der Waals surface area contributed by atoms with Gasteiger partial charge in [-0.05, 0) is 24.5 Å². The van der Waals surface area contributed by atoms with Crippen LogP contribution in [-0.4, -0.2) is 46.6 Å². The van der Waals surface area contributed by atoms with Crippen molar-refractivity contribution in [2.45, 2.75) is 31.3 Å². The van der Waals surface area contributed by atoms with E-state index in [9.17, 15) is 19.5 Å². The molecule has 0 saturated carbocycles. The minimum atomic E-state index is -1.13. The van der Waals surface area contributed by atoms with Gasteiger partial charge in [0.05, 0.1) is 6.04 Å². The molecule has 0 radical (unpaired) electrons. The first kappa shape index (κ1) is 19.3. The molecule has 140 valence electrons. The number of hydrogen-bond donors (Lipinski definition) is 6. The summed E-state index contributed by atoms with van der Waals surface area (Å²) in [5.41, 5.74) is 12.4. The summed E-state index contributed by atoms with van der Waals surface area (Å²) in [4.78, 5) is 37.3. The second-order valence-corrected chi connectivity index (χ2v) is 6.00. The lowest BCUT2D eigenvalue weighted by Crippen LogP contribution is -2.49. The maximum atomic E-state index is 12.2. The molecular formula is C17H23N5O4. The number of hydrogen-bond acceptors (Lipinski definition) is 4. The van der Waals surface area contributed by atoms with Gasteiger partial charge in [-0.25, -0.2) is 9.59 Å². The quantitative estimate of drug-likeness (QED) is 0.347. The molecule has 0 fully saturated rings. The van der Waals surface area contributed by atoms with E-state index in [1.54, 1.807) is 6.20 Å². The number of aliphatic carboxylic acids is 1. The van der Waals surface area contributed by atoms with Crippen LogP contribution in [0.15, 0.2) is 30.5 Å². The second-order valence-electron chi connectivity index (χ2n) is 6.00. The maximum Gasteiger partial charge on any atom is 0.326 e. The van der Waals surface area contributed by atoms with Crippen molar-refractivity contribution in [3.63, 3.8) is 0 Å². The highest BCUT2D eigenvalue weighted by molar-refractivity contribution is 5.88. The molecule has 9 nitrogen and oxygen atoms in total. The number of amides is 3. The van der Waals surface area contributed by atoms with Crippen molar-refractivity contribution in [2.24, 2.45) is 11.5 Å². The molecule has 2 rings (SSSR count). The van der Waals surface area contributed by atoms with Crippen LogP contribution in [0, 0.1) is 0 Å². The number of urea groups is 1. The van der Waals surface area contributed by atoms with E-state index < -0.39 is 30.0 Å². The Morgan fingerprint density at radius 1 is 1.23 bits per heavy atom. The summed E-state index contributed by atoms with van der Waals surface area (Å²) in [6, 6.07) is 4.93. The number of primary amides is 1. The summed E-state index contributed by atoms with van der Waals surface area (Å²) in [5, 5.41) is 15.2. The Morgan fingerprint density at radius 3 is 2.65 bits per heavy atom. The molecule has 0 bridgehead atoms. The van der Waals surface area contributed by atoms with Crippen molar-refractivity contribution < 1.29 is 19.5 Å². The fourth-order valence-electron chi connectivity index (χ4n) is 2.66. The second kappa shape index (κ2) is 8.86. The molecule has 1 aromatic heterocycles. The van der Waals surface area contributed by atoms with Gasteiger partial charge < -0.3 is 32.2 Å². The summed E-state index contributed by atoms with van der Waals surface area (Å²) < 4.78 is 0. The van der Waals surface area contributed by atoms with Gasteiger partial charge in [-0.15, -0.1) is 0 Å². The monoisotopic (exact) mass is 361 g/mol. The van der Waals surface area contributed by atoms with Crippen molar-refractivity contribution in [3.05, 3.63) is 36.0 Å². The van der Waals surface area contributed by atoms with E-state index in [0.717, 1.165) is 16.5 Å². The molecule has 0 spiro atoms. The van der Waals surface area contributed by atoms with Gasteiger partial charge >= 0.3 is 12.0 Å². The smallest absolute Gasteiger partial charge is 0.326 e. The number of carboxylic acids is 1. The van der Waals surface area contributed by atoms with E-state index in [1.807, 2.05) is 24.3 Å². The number of para-hydroxylation sites is 1. The molecule has 1 heterocycles. The van der Waals surface area contributed by atoms with Crippen LogP contribution in [0.1, 0.15) is 18.4 Å². The van der Waals surface area contributed by atoms with Crippen molar-refractivity contribution in [1.29, 1.82) is 0 Å². The van der Waals surface area contributed by atoms with E-state index in [-0.39, 0.29) is 6.42 Å². The highest BCUT2D eigenvalue weighted by Crippen LogP contribution is 2.19. The third-order valence-electron chi connectivity index (χ3n) is 4.04. The van der Waals surface area contributed by atoms with Gasteiger partial charge in [-0.2, -0.15) is 0 Å². The molecule has 3 amide bonds. The van der Waals surface area contributed by atoms with Gasteiger partial charge in [0.1, 0.15) is 6.04 Å². The molecule has 26 heavy (non-hydrogen) atoms. The van der Waals surface area contributed by atoms with Crippen LogP contribution >= 0.6 is 0 Å². The minimum absolute atomic E-state index is 0.140. The third-order valence-corrected chi connectivity index (χ3v) is 4.04. The Hall–Kier alpha value is -3.07. The van der Waals surface area contributed by atoms with Crippen LogP contribution < -0.4 is 22.1 Å². The fraction of sp³-hybridized carbons (Fsp3) is 0.353. The minimum Gasteiger partial charge on any atom is -0.480 e. The number of H-pyrrole nitrogens is 1. The zero-order valence-corrected chi connectivity index (χ0v) is 14.2. The predicted octanol–water partition coefficient (Wildman–Crippen LogP) is 0.0556. The average molecular weight is 361 g/mol. The zero-order valence-electron chi connectivity index (χ0n) is 14.2. The molecule has 2 aromatic rings. The molecule has 0 aliphatic rings. The first-order valence-electron chi connectivity index (χ1n) is 8.25. The predicted molar refractivity (Wildman–Crippen MR) is 96.4 cm³/mol. The van der Waals surface area contributed by atoms with Crippen molar-refractivity contribution in [2.75, 3.05) is 6.54 Å². The SMILES string of the molecule is NC(=O)NCCC[C@@H](N)C(=O)N[C@@H](Cc1c[nH]c2ccccc12)C(=O)O. The maximum absolute atomic E-state index is 12.2. The largest absolute Gasteiger partial charge is 0.480 e. The van der Waals surface area contributed by atoms with E-state index in [4.69, 9.17) is 11.5 Å². The molecule has 1 aromatic carbocycles. The van der Waals surface area contributed by atoms with Gasteiger partial charge in [-0.3, -0.25) is 4.79 Å². The number of carboxylic acid groups (broad SMARTS) is 1. The van der Waals surface area contributed by atoms with Crippen LogP contribution in [0.2, 0.25) is 0 Å². The summed E-state index contributed by atoms with van der Waals surface area (Å²) >= 11 is 0. The molecule has 2 atom stereocenters. The number of nitrogens with two attached hydrogens (primary N) is 2. The lowest BCUT2D eigenvalue weighted by atomic mass is 10.0. The fourth-order valence-corrected chi connectivity index (χ4v) is 2.66. The normalized spacial score (nSPS) is 13.1. The Morgan fingerprint density at radius 2 is 1.96 bits per heavy atom. The Kier molecular flexibility index (Phi) is 6.56. The Bertz CT molecular complexity index is 788. The molecule has 8 N–H and O–H groups in total. The number of nitrogens with one attached hydrogen (secondary N) is 3. The van der Waals surface area contributed by atoms with E-state index >= 15 is 0 Å². The molecule has 0 unspecified atom stereocenters. The van der Waals surface area contributed by atoms with Gasteiger partial charge in [-0.1, -0.05) is 18.2 Å². The van der Waals surface area contributed by atoms with Crippen molar-refractivity contribution in [1.82, 2.24) is 15.6 Å². The lowest BCUT2D eigenvalue weighted by Gasteiger charge is -2.17. The van der Waals surface area contributed by atoms with E-state index in [0.29, 0.717) is 19.4 Å². The lowest BCUT2D eigenvalue weighted by molar-refractivity contribution is -0.142. The summed E-state index contributed by atoms with van der Waals surface area (Å²) in [6.45, 7) is 0.300. The standard InChI is InChI=1S/C17H23N5O4/c18-12(5-3-7-20-17(19)26)15(23)22-14(16(24)25)8-10-9-21-13-6-2-1-4-11(10)13/h1-2,4,6,9,12,14,21H,3,5,7-8,18H2,(H,22,23)(H,24,25)(H3,19,20,26)/t12-,14+/m1/s1. The first-order chi connectivity index (χ1) is 12.4. The molecule has 0 aliphatic heterocycles. The number of aromatic amines is 1. The number of benzene rings is 1. The van der Waals surface area contributed by atoms with E-state index in [2.05, 4.69) is 15.6 Å².